The number of esters is 1. The van der Waals surface area contributed by atoms with E-state index in [9.17, 15) is 13.2 Å². The molecule has 108 valence electrons. The number of rotatable bonds is 4. The predicted octanol–water partition coefficient (Wildman–Crippen LogP) is 1.96. The largest absolute Gasteiger partial charge is 0.465 e. The van der Waals surface area contributed by atoms with Gasteiger partial charge in [-0.1, -0.05) is 19.1 Å². The second kappa shape index (κ2) is 6.07. The number of carbonyl (C=O) groups excluding carboxylic acids is 1. The van der Waals surface area contributed by atoms with Gasteiger partial charge in [-0.3, -0.25) is 4.79 Å². The second-order valence-electron chi connectivity index (χ2n) is 5.84. The second-order valence-corrected chi connectivity index (χ2v) is 8.07. The van der Waals surface area contributed by atoms with E-state index in [2.05, 4.69) is 19.1 Å². The van der Waals surface area contributed by atoms with Crippen molar-refractivity contribution in [2.45, 2.75) is 32.6 Å². The molecule has 4 nitrogen and oxygen atoms in total. The van der Waals surface area contributed by atoms with Crippen molar-refractivity contribution in [2.75, 3.05) is 18.1 Å². The lowest BCUT2D eigenvalue weighted by atomic mass is 9.85. The van der Waals surface area contributed by atoms with E-state index in [-0.39, 0.29) is 29.8 Å². The summed E-state index contributed by atoms with van der Waals surface area (Å²) in [6.07, 6.45) is 7.17. The van der Waals surface area contributed by atoms with E-state index in [1.165, 1.54) is 0 Å². The Kier molecular flexibility index (Phi) is 4.66. The van der Waals surface area contributed by atoms with Crippen molar-refractivity contribution in [1.82, 2.24) is 0 Å². The minimum Gasteiger partial charge on any atom is -0.465 e. The molecule has 0 aromatic heterocycles. The highest BCUT2D eigenvalue weighted by molar-refractivity contribution is 7.91. The van der Waals surface area contributed by atoms with E-state index < -0.39 is 9.84 Å². The highest BCUT2D eigenvalue weighted by Gasteiger charge is 2.30. The average Bonchev–Trinajstić information content (AvgIpc) is 2.67. The van der Waals surface area contributed by atoms with E-state index in [1.807, 2.05) is 0 Å². The van der Waals surface area contributed by atoms with Crippen LogP contribution in [0.4, 0.5) is 0 Å². The number of hydrogen-bond donors (Lipinski definition) is 0. The lowest BCUT2D eigenvalue weighted by molar-refractivity contribution is -0.146. The van der Waals surface area contributed by atoms with Gasteiger partial charge in [0.1, 0.15) is 0 Å². The van der Waals surface area contributed by atoms with E-state index in [0.29, 0.717) is 24.9 Å². The quantitative estimate of drug-likeness (QED) is 0.585. The van der Waals surface area contributed by atoms with E-state index in [0.717, 1.165) is 12.8 Å². The van der Waals surface area contributed by atoms with Crippen LogP contribution in [0.15, 0.2) is 12.2 Å². The van der Waals surface area contributed by atoms with Crippen LogP contribution in [0.2, 0.25) is 0 Å². The summed E-state index contributed by atoms with van der Waals surface area (Å²) >= 11 is 0. The Bertz CT molecular complexity index is 452. The summed E-state index contributed by atoms with van der Waals surface area (Å²) in [6, 6.07) is 0. The molecule has 0 N–H and O–H groups in total. The Morgan fingerprint density at radius 3 is 2.68 bits per heavy atom. The van der Waals surface area contributed by atoms with Gasteiger partial charge < -0.3 is 4.74 Å². The molecule has 5 heteroatoms. The van der Waals surface area contributed by atoms with Gasteiger partial charge in [0.25, 0.3) is 0 Å². The Balaban J connectivity index is 1.72. The molecule has 1 fully saturated rings. The van der Waals surface area contributed by atoms with Gasteiger partial charge in [0.05, 0.1) is 18.1 Å². The van der Waals surface area contributed by atoms with Crippen molar-refractivity contribution in [3.8, 4) is 0 Å². The van der Waals surface area contributed by atoms with Gasteiger partial charge in [0.2, 0.25) is 0 Å². The molecule has 0 saturated carbocycles. The van der Waals surface area contributed by atoms with Crippen molar-refractivity contribution in [2.24, 2.45) is 17.8 Å². The molecule has 3 unspecified atom stereocenters. The molecule has 0 bridgehead atoms. The standard InChI is InChI=1S/C14H22O4S/c1-11-4-2-3-5-13(11)9-18-14(15)8-12-6-7-19(16,17)10-12/h2-3,11-13H,4-10H2,1H3. The first-order valence-corrected chi connectivity index (χ1v) is 8.79. The zero-order valence-corrected chi connectivity index (χ0v) is 12.2. The van der Waals surface area contributed by atoms with Crippen LogP contribution >= 0.6 is 0 Å². The third-order valence-electron chi connectivity index (χ3n) is 4.16. The van der Waals surface area contributed by atoms with E-state index in [1.54, 1.807) is 0 Å². The Labute approximate surface area is 115 Å². The molecule has 1 aliphatic carbocycles. The topological polar surface area (TPSA) is 60.4 Å². The summed E-state index contributed by atoms with van der Waals surface area (Å²) in [4.78, 5) is 11.7. The number of sulfone groups is 1. The van der Waals surface area contributed by atoms with Crippen molar-refractivity contribution >= 4 is 15.8 Å². The summed E-state index contributed by atoms with van der Waals surface area (Å²) in [6.45, 7) is 2.63. The van der Waals surface area contributed by atoms with Crippen LogP contribution in [-0.2, 0) is 19.4 Å². The van der Waals surface area contributed by atoms with Crippen LogP contribution in [0.1, 0.15) is 32.6 Å². The predicted molar refractivity (Wildman–Crippen MR) is 73.4 cm³/mol. The van der Waals surface area contributed by atoms with Gasteiger partial charge in [-0.2, -0.15) is 0 Å². The molecule has 3 atom stereocenters. The summed E-state index contributed by atoms with van der Waals surface area (Å²) in [5.41, 5.74) is 0. The van der Waals surface area contributed by atoms with Gasteiger partial charge in [0, 0.05) is 6.42 Å². The van der Waals surface area contributed by atoms with Gasteiger partial charge in [0.15, 0.2) is 9.84 Å². The first-order valence-electron chi connectivity index (χ1n) is 6.97. The molecular weight excluding hydrogens is 264 g/mol. The van der Waals surface area contributed by atoms with Gasteiger partial charge in [-0.05, 0) is 37.0 Å². The zero-order chi connectivity index (χ0) is 13.9. The van der Waals surface area contributed by atoms with Crippen molar-refractivity contribution in [1.29, 1.82) is 0 Å². The number of hydrogen-bond acceptors (Lipinski definition) is 4. The number of allylic oxidation sites excluding steroid dienone is 2. The van der Waals surface area contributed by atoms with Crippen LogP contribution in [-0.4, -0.2) is 32.5 Å². The summed E-state index contributed by atoms with van der Waals surface area (Å²) in [5.74, 6) is 1.02. The maximum absolute atomic E-state index is 11.7. The molecule has 1 aliphatic heterocycles. The smallest absolute Gasteiger partial charge is 0.306 e. The van der Waals surface area contributed by atoms with Crippen molar-refractivity contribution < 1.29 is 17.9 Å². The van der Waals surface area contributed by atoms with Crippen LogP contribution in [0.3, 0.4) is 0 Å². The molecular formula is C14H22O4S. The Morgan fingerprint density at radius 2 is 2.05 bits per heavy atom. The van der Waals surface area contributed by atoms with Crippen molar-refractivity contribution in [3.63, 3.8) is 0 Å². The van der Waals surface area contributed by atoms with Crippen LogP contribution in [0, 0.1) is 17.8 Å². The molecule has 0 radical (unpaired) electrons. The minimum absolute atomic E-state index is 0.0406. The fourth-order valence-corrected chi connectivity index (χ4v) is 4.63. The molecule has 0 spiro atoms. The van der Waals surface area contributed by atoms with Crippen LogP contribution in [0.25, 0.3) is 0 Å². The monoisotopic (exact) mass is 286 g/mol. The third kappa shape index (κ3) is 4.34. The van der Waals surface area contributed by atoms with Gasteiger partial charge in [-0.25, -0.2) is 8.42 Å². The Hall–Kier alpha value is -0.840. The lowest BCUT2D eigenvalue weighted by Gasteiger charge is -2.24. The number of ether oxygens (including phenoxy) is 1. The number of carbonyl (C=O) groups is 1. The highest BCUT2D eigenvalue weighted by atomic mass is 32.2. The molecule has 2 aliphatic rings. The van der Waals surface area contributed by atoms with Crippen LogP contribution < -0.4 is 0 Å². The zero-order valence-electron chi connectivity index (χ0n) is 11.4. The maximum atomic E-state index is 11.7. The molecule has 2 rings (SSSR count). The van der Waals surface area contributed by atoms with Crippen molar-refractivity contribution in [3.05, 3.63) is 12.2 Å². The molecule has 19 heavy (non-hydrogen) atoms. The fraction of sp³-hybridized carbons (Fsp3) is 0.786. The normalized spacial score (nSPS) is 33.2. The highest BCUT2D eigenvalue weighted by Crippen LogP contribution is 2.26. The first kappa shape index (κ1) is 14.6. The lowest BCUT2D eigenvalue weighted by Crippen LogP contribution is -2.22. The molecule has 1 heterocycles. The Morgan fingerprint density at radius 1 is 1.32 bits per heavy atom. The summed E-state index contributed by atoms with van der Waals surface area (Å²) < 4.78 is 27.9. The van der Waals surface area contributed by atoms with E-state index in [4.69, 9.17) is 4.74 Å². The molecule has 0 amide bonds. The van der Waals surface area contributed by atoms with Gasteiger partial charge >= 0.3 is 5.97 Å². The molecule has 0 aromatic carbocycles. The average molecular weight is 286 g/mol. The fourth-order valence-electron chi connectivity index (χ4n) is 2.77. The minimum atomic E-state index is -2.90. The van der Waals surface area contributed by atoms with Crippen LogP contribution in [0.5, 0.6) is 0 Å². The first-order chi connectivity index (χ1) is 8.96. The SMILES string of the molecule is CC1CC=CCC1COC(=O)CC1CCS(=O)(=O)C1. The summed E-state index contributed by atoms with van der Waals surface area (Å²) in [7, 11) is -2.90. The van der Waals surface area contributed by atoms with Gasteiger partial charge in [-0.15, -0.1) is 0 Å². The van der Waals surface area contributed by atoms with E-state index >= 15 is 0 Å². The maximum Gasteiger partial charge on any atom is 0.306 e. The molecule has 1 saturated heterocycles. The molecule has 0 aromatic rings. The third-order valence-corrected chi connectivity index (χ3v) is 6.00. The summed E-state index contributed by atoms with van der Waals surface area (Å²) in [5, 5.41) is 0.